The largest absolute Gasteiger partial charge is 0.497 e. The molecule has 1 aromatic rings. The van der Waals surface area contributed by atoms with Gasteiger partial charge in [-0.05, 0) is 30.5 Å². The van der Waals surface area contributed by atoms with Gasteiger partial charge in [-0.15, -0.1) is 0 Å². The van der Waals surface area contributed by atoms with Crippen molar-refractivity contribution in [3.05, 3.63) is 29.8 Å². The van der Waals surface area contributed by atoms with Gasteiger partial charge in [-0.25, -0.2) is 0 Å². The number of fused-ring (bicyclic) bond motifs is 2. The first kappa shape index (κ1) is 17.3. The van der Waals surface area contributed by atoms with E-state index in [9.17, 15) is 15.8 Å². The molecule has 0 amide bonds. The summed E-state index contributed by atoms with van der Waals surface area (Å²) in [5.74, 6) is -1.50. The third-order valence-corrected chi connectivity index (χ3v) is 6.23. The number of nitrogens with zero attached hydrogens (tertiary/aromatic N) is 3. The summed E-state index contributed by atoms with van der Waals surface area (Å²) >= 11 is 0. The van der Waals surface area contributed by atoms with Crippen molar-refractivity contribution in [1.29, 1.82) is 21.2 Å². The first-order valence-corrected chi connectivity index (χ1v) is 8.87. The van der Waals surface area contributed by atoms with Gasteiger partial charge in [-0.2, -0.15) is 15.8 Å². The molecule has 5 rings (SSSR count). The van der Waals surface area contributed by atoms with Gasteiger partial charge in [0, 0.05) is 6.42 Å². The van der Waals surface area contributed by atoms with E-state index in [2.05, 4.69) is 18.2 Å². The second kappa shape index (κ2) is 5.71. The summed E-state index contributed by atoms with van der Waals surface area (Å²) in [5.41, 5.74) is -2.92. The van der Waals surface area contributed by atoms with E-state index >= 15 is 0 Å². The number of hydrogen-bond acceptors (Lipinski definition) is 7. The Morgan fingerprint density at radius 2 is 1.81 bits per heavy atom. The molecule has 136 valence electrons. The number of benzene rings is 1. The molecule has 0 unspecified atom stereocenters. The first-order chi connectivity index (χ1) is 13.0. The lowest BCUT2D eigenvalue weighted by Crippen LogP contribution is -2.73. The second-order valence-electron chi connectivity index (χ2n) is 7.26. The van der Waals surface area contributed by atoms with E-state index in [1.54, 1.807) is 31.4 Å². The van der Waals surface area contributed by atoms with Gasteiger partial charge in [0.2, 0.25) is 11.7 Å². The minimum atomic E-state index is -1.82. The SMILES string of the molecule is COc1ccc([C@H]2O[C@@]34CCCC[C@@H]3C(C#N)(C#N)[C@@]2(C#N)C(=N)O4)cc1. The van der Waals surface area contributed by atoms with Crippen LogP contribution in [0.4, 0.5) is 0 Å². The van der Waals surface area contributed by atoms with E-state index in [0.717, 1.165) is 12.8 Å². The average molecular weight is 362 g/mol. The van der Waals surface area contributed by atoms with Crippen LogP contribution in [-0.2, 0) is 9.47 Å². The number of hydrogen-bond donors (Lipinski definition) is 1. The van der Waals surface area contributed by atoms with Crippen LogP contribution in [-0.4, -0.2) is 18.8 Å². The van der Waals surface area contributed by atoms with Crippen LogP contribution >= 0.6 is 0 Å². The minimum absolute atomic E-state index is 0.349. The number of methoxy groups -OCH3 is 1. The molecule has 1 spiro atoms. The molecule has 4 atom stereocenters. The van der Waals surface area contributed by atoms with Gasteiger partial charge in [-0.3, -0.25) is 5.41 Å². The van der Waals surface area contributed by atoms with Gasteiger partial charge < -0.3 is 14.2 Å². The van der Waals surface area contributed by atoms with Crippen molar-refractivity contribution in [1.82, 2.24) is 0 Å². The van der Waals surface area contributed by atoms with Crippen LogP contribution in [0.5, 0.6) is 5.75 Å². The number of nitriles is 3. The normalized spacial score (nSPS) is 35.7. The summed E-state index contributed by atoms with van der Waals surface area (Å²) in [6.45, 7) is 0. The predicted octanol–water partition coefficient (Wildman–Crippen LogP) is 3.20. The second-order valence-corrected chi connectivity index (χ2v) is 7.26. The van der Waals surface area contributed by atoms with Gasteiger partial charge in [0.15, 0.2) is 10.8 Å². The molecule has 2 bridgehead atoms. The fourth-order valence-electron chi connectivity index (χ4n) is 4.92. The maximum atomic E-state index is 10.2. The van der Waals surface area contributed by atoms with Gasteiger partial charge >= 0.3 is 0 Å². The number of rotatable bonds is 2. The summed E-state index contributed by atoms with van der Waals surface area (Å²) < 4.78 is 17.4. The van der Waals surface area contributed by atoms with Crippen molar-refractivity contribution in [3.63, 3.8) is 0 Å². The molecule has 3 aliphatic heterocycles. The van der Waals surface area contributed by atoms with Crippen molar-refractivity contribution in [2.45, 2.75) is 37.6 Å². The summed E-state index contributed by atoms with van der Waals surface area (Å²) in [7, 11) is 1.55. The van der Waals surface area contributed by atoms with Crippen LogP contribution < -0.4 is 4.74 Å². The molecular formula is C20H18N4O3. The third-order valence-electron chi connectivity index (χ3n) is 6.23. The van der Waals surface area contributed by atoms with E-state index in [4.69, 9.17) is 19.6 Å². The van der Waals surface area contributed by atoms with Crippen LogP contribution in [0.2, 0.25) is 0 Å². The molecule has 3 heterocycles. The Hall–Kier alpha value is -3.08. The fraction of sp³-hybridized carbons (Fsp3) is 0.500. The molecule has 1 N–H and O–H groups in total. The molecular weight excluding hydrogens is 344 g/mol. The van der Waals surface area contributed by atoms with E-state index < -0.39 is 28.6 Å². The molecule has 4 fully saturated rings. The standard InChI is InChI=1S/C20H18N4O3/c1-25-14-7-5-13(6-8-14)16-19(12-23)17(24)27-20(26-16)9-3-2-4-15(20)18(19,10-21)11-22/h5-8,15-16,24H,2-4,9H2,1H3/t15-,16-,19-,20-/m1/s1. The summed E-state index contributed by atoms with van der Waals surface area (Å²) in [6.07, 6.45) is 1.73. The van der Waals surface area contributed by atoms with Crippen molar-refractivity contribution in [2.24, 2.45) is 16.7 Å². The fourth-order valence-corrected chi connectivity index (χ4v) is 4.92. The Morgan fingerprint density at radius 1 is 1.11 bits per heavy atom. The van der Waals surface area contributed by atoms with Crippen molar-refractivity contribution in [3.8, 4) is 24.0 Å². The lowest BCUT2D eigenvalue weighted by Gasteiger charge is -2.63. The lowest BCUT2D eigenvalue weighted by atomic mass is 9.48. The molecule has 27 heavy (non-hydrogen) atoms. The zero-order chi connectivity index (χ0) is 19.3. The Bertz CT molecular complexity index is 909. The third kappa shape index (κ3) is 1.89. The van der Waals surface area contributed by atoms with Gasteiger partial charge in [0.05, 0.1) is 31.2 Å². The van der Waals surface area contributed by atoms with Gasteiger partial charge in [0.25, 0.3) is 0 Å². The molecule has 1 aliphatic carbocycles. The summed E-state index contributed by atoms with van der Waals surface area (Å²) in [4.78, 5) is 0. The highest BCUT2D eigenvalue weighted by Crippen LogP contribution is 2.69. The van der Waals surface area contributed by atoms with Crippen molar-refractivity contribution in [2.75, 3.05) is 7.11 Å². The number of nitrogens with one attached hydrogen (secondary N) is 1. The number of ether oxygens (including phenoxy) is 3. The van der Waals surface area contributed by atoms with E-state index in [-0.39, 0.29) is 5.90 Å². The molecule has 1 aromatic carbocycles. The zero-order valence-corrected chi connectivity index (χ0v) is 14.9. The Morgan fingerprint density at radius 3 is 2.41 bits per heavy atom. The van der Waals surface area contributed by atoms with Gasteiger partial charge in [0.1, 0.15) is 11.9 Å². The van der Waals surface area contributed by atoms with Crippen LogP contribution in [0.1, 0.15) is 37.4 Å². The van der Waals surface area contributed by atoms with Gasteiger partial charge in [-0.1, -0.05) is 18.6 Å². The Kier molecular flexibility index (Phi) is 3.67. The highest BCUT2D eigenvalue weighted by atomic mass is 16.7. The maximum Gasteiger partial charge on any atom is 0.218 e. The molecule has 7 heteroatoms. The molecule has 0 radical (unpaired) electrons. The van der Waals surface area contributed by atoms with E-state index in [1.165, 1.54) is 0 Å². The minimum Gasteiger partial charge on any atom is -0.497 e. The lowest BCUT2D eigenvalue weighted by molar-refractivity contribution is -0.360. The zero-order valence-electron chi connectivity index (χ0n) is 14.9. The van der Waals surface area contributed by atoms with Crippen LogP contribution in [0.25, 0.3) is 0 Å². The molecule has 4 aliphatic rings. The summed E-state index contributed by atoms with van der Waals surface area (Å²) in [5, 5.41) is 38.9. The van der Waals surface area contributed by atoms with Crippen molar-refractivity contribution < 1.29 is 14.2 Å². The molecule has 7 nitrogen and oxygen atoms in total. The monoisotopic (exact) mass is 362 g/mol. The average Bonchev–Trinajstić information content (AvgIpc) is 2.72. The maximum absolute atomic E-state index is 10.2. The Balaban J connectivity index is 1.96. The van der Waals surface area contributed by atoms with E-state index in [1.807, 2.05) is 0 Å². The summed E-state index contributed by atoms with van der Waals surface area (Å²) in [6, 6.07) is 13.3. The molecule has 0 aromatic heterocycles. The Labute approximate surface area is 157 Å². The predicted molar refractivity (Wildman–Crippen MR) is 92.0 cm³/mol. The van der Waals surface area contributed by atoms with Crippen LogP contribution in [0.15, 0.2) is 24.3 Å². The first-order valence-electron chi connectivity index (χ1n) is 8.87. The quantitative estimate of drug-likeness (QED) is 0.861. The highest BCUT2D eigenvalue weighted by molar-refractivity contribution is 5.89. The van der Waals surface area contributed by atoms with Crippen molar-refractivity contribution >= 4 is 5.90 Å². The smallest absolute Gasteiger partial charge is 0.218 e. The highest BCUT2D eigenvalue weighted by Gasteiger charge is 2.80. The molecule has 1 saturated carbocycles. The van der Waals surface area contributed by atoms with E-state index in [0.29, 0.717) is 24.2 Å². The van der Waals surface area contributed by atoms with Crippen LogP contribution in [0, 0.1) is 56.2 Å². The topological polar surface area (TPSA) is 123 Å². The van der Waals surface area contributed by atoms with Crippen LogP contribution in [0.3, 0.4) is 0 Å². The molecule has 3 saturated heterocycles.